The van der Waals surface area contributed by atoms with Gasteiger partial charge in [0.2, 0.25) is 0 Å². The number of thiazole rings is 1. The molecule has 1 aromatic heterocycles. The lowest BCUT2D eigenvalue weighted by molar-refractivity contribution is 0.0794. The van der Waals surface area contributed by atoms with Crippen molar-refractivity contribution < 1.29 is 9.59 Å². The minimum Gasteiger partial charge on any atom is -0.339 e. The van der Waals surface area contributed by atoms with Crippen LogP contribution < -0.4 is 5.32 Å². The van der Waals surface area contributed by atoms with Crippen LogP contribution in [0.3, 0.4) is 0 Å². The molecule has 138 valence electrons. The second kappa shape index (κ2) is 7.37. The maximum atomic E-state index is 12.8. The standard InChI is InChI=1S/C19H22ClN3O2S/c1-19(2,3)18-21-11-15(26-18)16(24)22-14-7-6-12(20)10-13(14)17(25)23-8-4-5-9-23/h6-7,10-11H,4-5,8-9H2,1-3H3,(H,22,24). The van der Waals surface area contributed by atoms with Crippen molar-refractivity contribution in [3.63, 3.8) is 0 Å². The van der Waals surface area contributed by atoms with Crippen LogP contribution in [0.4, 0.5) is 5.69 Å². The van der Waals surface area contributed by atoms with Crippen molar-refractivity contribution in [3.8, 4) is 0 Å². The Morgan fingerprint density at radius 3 is 2.54 bits per heavy atom. The first-order chi connectivity index (χ1) is 12.3. The molecule has 1 aliphatic heterocycles. The largest absolute Gasteiger partial charge is 0.339 e. The number of carbonyl (C=O) groups excluding carboxylic acids is 2. The summed E-state index contributed by atoms with van der Waals surface area (Å²) in [5.41, 5.74) is 0.788. The molecule has 1 fully saturated rings. The van der Waals surface area contributed by atoms with Gasteiger partial charge in [-0.25, -0.2) is 4.98 Å². The number of amides is 2. The predicted molar refractivity (Wildman–Crippen MR) is 105 cm³/mol. The van der Waals surface area contributed by atoms with E-state index in [1.165, 1.54) is 11.3 Å². The number of likely N-dealkylation sites (tertiary alicyclic amines) is 1. The number of aromatic nitrogens is 1. The fraction of sp³-hybridized carbons (Fsp3) is 0.421. The van der Waals surface area contributed by atoms with E-state index >= 15 is 0 Å². The van der Waals surface area contributed by atoms with E-state index in [9.17, 15) is 9.59 Å². The molecule has 0 spiro atoms. The monoisotopic (exact) mass is 391 g/mol. The van der Waals surface area contributed by atoms with Crippen molar-refractivity contribution in [1.82, 2.24) is 9.88 Å². The highest BCUT2D eigenvalue weighted by atomic mass is 35.5. The summed E-state index contributed by atoms with van der Waals surface area (Å²) in [6, 6.07) is 4.96. The van der Waals surface area contributed by atoms with Crippen molar-refractivity contribution in [1.29, 1.82) is 0 Å². The molecule has 2 amide bonds. The molecule has 1 aliphatic rings. The summed E-state index contributed by atoms with van der Waals surface area (Å²) in [5.74, 6) is -0.365. The summed E-state index contributed by atoms with van der Waals surface area (Å²) in [6.45, 7) is 7.64. The Morgan fingerprint density at radius 2 is 1.92 bits per heavy atom. The Kier molecular flexibility index (Phi) is 5.34. The van der Waals surface area contributed by atoms with Gasteiger partial charge >= 0.3 is 0 Å². The van der Waals surface area contributed by atoms with E-state index < -0.39 is 0 Å². The highest BCUT2D eigenvalue weighted by Crippen LogP contribution is 2.28. The number of hydrogen-bond donors (Lipinski definition) is 1. The second-order valence-electron chi connectivity index (χ2n) is 7.42. The molecule has 1 saturated heterocycles. The summed E-state index contributed by atoms with van der Waals surface area (Å²) >= 11 is 7.45. The minimum absolute atomic E-state index is 0.0972. The van der Waals surface area contributed by atoms with Crippen molar-refractivity contribution in [2.24, 2.45) is 0 Å². The summed E-state index contributed by atoms with van der Waals surface area (Å²) in [7, 11) is 0. The van der Waals surface area contributed by atoms with Gasteiger partial charge in [0.25, 0.3) is 11.8 Å². The molecule has 0 bridgehead atoms. The van der Waals surface area contributed by atoms with Crippen LogP contribution in [-0.4, -0.2) is 34.8 Å². The van der Waals surface area contributed by atoms with E-state index in [-0.39, 0.29) is 17.2 Å². The average Bonchev–Trinajstić information content (AvgIpc) is 3.27. The van der Waals surface area contributed by atoms with Gasteiger partial charge in [-0.3, -0.25) is 9.59 Å². The Hall–Kier alpha value is -1.92. The second-order valence-corrected chi connectivity index (χ2v) is 8.89. The zero-order valence-corrected chi connectivity index (χ0v) is 16.7. The molecule has 5 nitrogen and oxygen atoms in total. The van der Waals surface area contributed by atoms with E-state index in [0.717, 1.165) is 30.9 Å². The summed E-state index contributed by atoms with van der Waals surface area (Å²) in [4.78, 5) is 32.1. The van der Waals surface area contributed by atoms with Gasteiger partial charge in [0.05, 0.1) is 22.5 Å². The number of carbonyl (C=O) groups is 2. The molecule has 3 rings (SSSR count). The van der Waals surface area contributed by atoms with Crippen molar-refractivity contribution in [3.05, 3.63) is 44.9 Å². The minimum atomic E-state index is -0.268. The third-order valence-corrected chi connectivity index (χ3v) is 5.88. The lowest BCUT2D eigenvalue weighted by Gasteiger charge is -2.18. The molecule has 1 aromatic carbocycles. The lowest BCUT2D eigenvalue weighted by atomic mass is 9.98. The van der Waals surface area contributed by atoms with Crippen LogP contribution in [0.15, 0.2) is 24.4 Å². The lowest BCUT2D eigenvalue weighted by Crippen LogP contribution is -2.28. The van der Waals surface area contributed by atoms with Gasteiger partial charge in [-0.15, -0.1) is 11.3 Å². The maximum Gasteiger partial charge on any atom is 0.267 e. The van der Waals surface area contributed by atoms with Gasteiger partial charge in [0, 0.05) is 23.5 Å². The van der Waals surface area contributed by atoms with Crippen LogP contribution in [0.25, 0.3) is 0 Å². The third kappa shape index (κ3) is 4.07. The van der Waals surface area contributed by atoms with Crippen LogP contribution in [0.2, 0.25) is 5.02 Å². The number of halogens is 1. The van der Waals surface area contributed by atoms with Crippen molar-refractivity contribution >= 4 is 40.4 Å². The van der Waals surface area contributed by atoms with Gasteiger partial charge in [0.15, 0.2) is 0 Å². The van der Waals surface area contributed by atoms with E-state index in [2.05, 4.69) is 31.1 Å². The van der Waals surface area contributed by atoms with Gasteiger partial charge in [-0.1, -0.05) is 32.4 Å². The van der Waals surface area contributed by atoms with Crippen LogP contribution in [0.1, 0.15) is 58.7 Å². The predicted octanol–water partition coefficient (Wildman–Crippen LogP) is 4.58. The Bertz CT molecular complexity index is 836. The van der Waals surface area contributed by atoms with Crippen LogP contribution in [-0.2, 0) is 5.41 Å². The highest BCUT2D eigenvalue weighted by molar-refractivity contribution is 7.13. The molecule has 0 aliphatic carbocycles. The van der Waals surface area contributed by atoms with Crippen LogP contribution in [0, 0.1) is 0 Å². The van der Waals surface area contributed by atoms with Crippen LogP contribution in [0.5, 0.6) is 0 Å². The van der Waals surface area contributed by atoms with Gasteiger partial charge in [-0.05, 0) is 31.0 Å². The number of nitrogens with one attached hydrogen (secondary N) is 1. The van der Waals surface area contributed by atoms with E-state index in [4.69, 9.17) is 11.6 Å². The van der Waals surface area contributed by atoms with Gasteiger partial charge in [0.1, 0.15) is 4.88 Å². The first-order valence-corrected chi connectivity index (χ1v) is 9.81. The maximum absolute atomic E-state index is 12.8. The molecule has 0 radical (unpaired) electrons. The van der Waals surface area contributed by atoms with Crippen molar-refractivity contribution in [2.45, 2.75) is 39.0 Å². The quantitative estimate of drug-likeness (QED) is 0.832. The van der Waals surface area contributed by atoms with Crippen LogP contribution >= 0.6 is 22.9 Å². The SMILES string of the molecule is CC(C)(C)c1ncc(C(=O)Nc2ccc(Cl)cc2C(=O)N2CCCC2)s1. The molecule has 2 heterocycles. The Balaban J connectivity index is 1.84. The van der Waals surface area contributed by atoms with E-state index in [0.29, 0.717) is 21.2 Å². The third-order valence-electron chi connectivity index (χ3n) is 4.22. The topological polar surface area (TPSA) is 62.3 Å². The molecule has 1 N–H and O–H groups in total. The Morgan fingerprint density at radius 1 is 1.23 bits per heavy atom. The van der Waals surface area contributed by atoms with Gasteiger partial charge in [-0.2, -0.15) is 0 Å². The highest BCUT2D eigenvalue weighted by Gasteiger charge is 2.24. The fourth-order valence-corrected chi connectivity index (χ4v) is 3.84. The van der Waals surface area contributed by atoms with E-state index in [1.807, 2.05) is 0 Å². The fourth-order valence-electron chi connectivity index (χ4n) is 2.80. The molecule has 0 unspecified atom stereocenters. The van der Waals surface area contributed by atoms with Gasteiger partial charge < -0.3 is 10.2 Å². The zero-order valence-electron chi connectivity index (χ0n) is 15.1. The molecular weight excluding hydrogens is 370 g/mol. The zero-order chi connectivity index (χ0) is 18.9. The molecule has 0 atom stereocenters. The first-order valence-electron chi connectivity index (χ1n) is 8.62. The molecular formula is C19H22ClN3O2S. The molecule has 2 aromatic rings. The molecule has 26 heavy (non-hydrogen) atoms. The normalized spacial score (nSPS) is 14.5. The molecule has 7 heteroatoms. The number of anilines is 1. The number of hydrogen-bond acceptors (Lipinski definition) is 4. The van der Waals surface area contributed by atoms with E-state index in [1.54, 1.807) is 29.3 Å². The number of nitrogens with zero attached hydrogens (tertiary/aromatic N) is 2. The first kappa shape index (κ1) is 18.9. The number of benzene rings is 1. The number of rotatable bonds is 3. The smallest absolute Gasteiger partial charge is 0.267 e. The summed E-state index contributed by atoms with van der Waals surface area (Å²) < 4.78 is 0. The average molecular weight is 392 g/mol. The summed E-state index contributed by atoms with van der Waals surface area (Å²) in [5, 5.41) is 4.21. The Labute approximate surface area is 162 Å². The molecule has 0 saturated carbocycles. The summed E-state index contributed by atoms with van der Waals surface area (Å²) in [6.07, 6.45) is 3.59. The van der Waals surface area contributed by atoms with Crippen molar-refractivity contribution in [2.75, 3.05) is 18.4 Å².